The Morgan fingerprint density at radius 1 is 1.09 bits per heavy atom. The number of hydrogen-bond acceptors (Lipinski definition) is 6. The van der Waals surface area contributed by atoms with Gasteiger partial charge in [0.1, 0.15) is 6.54 Å². The van der Waals surface area contributed by atoms with Gasteiger partial charge in [-0.05, 0) is 60.5 Å². The summed E-state index contributed by atoms with van der Waals surface area (Å²) in [5.41, 5.74) is 4.01. The fourth-order valence-electron chi connectivity index (χ4n) is 3.21. The molecule has 0 atom stereocenters. The van der Waals surface area contributed by atoms with Gasteiger partial charge in [-0.2, -0.15) is 5.10 Å². The molecular weight excluding hydrogens is 466 g/mol. The molecule has 0 fully saturated rings. The molecule has 0 aromatic heterocycles. The highest BCUT2D eigenvalue weighted by Crippen LogP contribution is 2.32. The number of benzene rings is 3. The first-order chi connectivity index (χ1) is 15.8. The first-order valence-corrected chi connectivity index (χ1v) is 11.7. The molecule has 4 rings (SSSR count). The topological polar surface area (TPSA) is 97.3 Å². The van der Waals surface area contributed by atoms with Gasteiger partial charge in [0.15, 0.2) is 11.5 Å². The first kappa shape index (κ1) is 22.6. The van der Waals surface area contributed by atoms with Crippen molar-refractivity contribution in [2.75, 3.05) is 17.6 Å². The van der Waals surface area contributed by atoms with Crippen LogP contribution in [0.5, 0.6) is 11.5 Å². The average molecular weight is 486 g/mol. The van der Waals surface area contributed by atoms with Crippen molar-refractivity contribution in [3.8, 4) is 11.5 Å². The minimum absolute atomic E-state index is 0.0565. The third-order valence-corrected chi connectivity index (χ3v) is 6.87. The summed E-state index contributed by atoms with van der Waals surface area (Å²) in [7, 11) is -4.04. The number of nitrogens with one attached hydrogen (secondary N) is 1. The highest BCUT2D eigenvalue weighted by molar-refractivity contribution is 7.92. The number of carbonyl (C=O) groups excluding carboxylic acids is 1. The molecule has 1 heterocycles. The number of fused-ring (bicyclic) bond motifs is 1. The van der Waals surface area contributed by atoms with E-state index in [1.165, 1.54) is 24.4 Å². The molecule has 0 radical (unpaired) electrons. The maximum atomic E-state index is 13.4. The Bertz CT molecular complexity index is 1310. The van der Waals surface area contributed by atoms with Crippen LogP contribution in [0, 0.1) is 6.92 Å². The third kappa shape index (κ3) is 5.10. The molecule has 0 aliphatic carbocycles. The molecule has 8 nitrogen and oxygen atoms in total. The number of carbonyl (C=O) groups is 1. The van der Waals surface area contributed by atoms with Crippen LogP contribution < -0.4 is 19.2 Å². The molecule has 170 valence electrons. The van der Waals surface area contributed by atoms with E-state index >= 15 is 0 Å². The van der Waals surface area contributed by atoms with Gasteiger partial charge >= 0.3 is 0 Å². The van der Waals surface area contributed by atoms with E-state index in [1.807, 2.05) is 0 Å². The number of hydrazone groups is 1. The minimum Gasteiger partial charge on any atom is -0.454 e. The van der Waals surface area contributed by atoms with Crippen LogP contribution in [0.15, 0.2) is 76.7 Å². The van der Waals surface area contributed by atoms with E-state index in [0.717, 1.165) is 4.31 Å². The fourth-order valence-corrected chi connectivity index (χ4v) is 4.87. The molecule has 33 heavy (non-hydrogen) atoms. The lowest BCUT2D eigenvalue weighted by Gasteiger charge is -2.25. The smallest absolute Gasteiger partial charge is 0.264 e. The molecule has 1 aliphatic rings. The second-order valence-electron chi connectivity index (χ2n) is 7.16. The number of hydrogen-bond donors (Lipinski definition) is 1. The van der Waals surface area contributed by atoms with Gasteiger partial charge in [0.2, 0.25) is 6.79 Å². The van der Waals surface area contributed by atoms with E-state index in [4.69, 9.17) is 21.1 Å². The van der Waals surface area contributed by atoms with Crippen molar-refractivity contribution in [1.82, 2.24) is 5.43 Å². The summed E-state index contributed by atoms with van der Waals surface area (Å²) in [6, 6.07) is 18.0. The predicted molar refractivity (Wildman–Crippen MR) is 125 cm³/mol. The molecule has 0 unspecified atom stereocenters. The lowest BCUT2D eigenvalue weighted by atomic mass is 10.2. The molecule has 0 bridgehead atoms. The summed E-state index contributed by atoms with van der Waals surface area (Å²) >= 11 is 6.12. The van der Waals surface area contributed by atoms with E-state index in [9.17, 15) is 13.2 Å². The van der Waals surface area contributed by atoms with Gasteiger partial charge in [0.25, 0.3) is 15.9 Å². The zero-order valence-electron chi connectivity index (χ0n) is 17.6. The molecular formula is C23H20ClN3O5S. The van der Waals surface area contributed by atoms with Crippen LogP contribution in [0.2, 0.25) is 5.02 Å². The molecule has 1 aliphatic heterocycles. The highest BCUT2D eigenvalue weighted by atomic mass is 35.5. The molecule has 3 aromatic carbocycles. The lowest BCUT2D eigenvalue weighted by molar-refractivity contribution is -0.119. The molecule has 1 amide bonds. The SMILES string of the molecule is Cc1ccc(Cl)cc1N(CC(=O)N/N=C\c1ccc2c(c1)OCO2)S(=O)(=O)c1ccccc1. The van der Waals surface area contributed by atoms with Crippen LogP contribution in [0.25, 0.3) is 0 Å². The predicted octanol–water partition coefficient (Wildman–Crippen LogP) is 3.72. The number of aryl methyl sites for hydroxylation is 1. The summed E-state index contributed by atoms with van der Waals surface area (Å²) in [6.07, 6.45) is 1.43. The van der Waals surface area contributed by atoms with Crippen molar-refractivity contribution in [3.63, 3.8) is 0 Å². The van der Waals surface area contributed by atoms with E-state index in [0.29, 0.717) is 33.3 Å². The number of ether oxygens (including phenoxy) is 2. The van der Waals surface area contributed by atoms with Crippen molar-refractivity contribution < 1.29 is 22.7 Å². The molecule has 0 saturated carbocycles. The number of amides is 1. The third-order valence-electron chi connectivity index (χ3n) is 4.86. The van der Waals surface area contributed by atoms with Crippen LogP contribution in [0.4, 0.5) is 5.69 Å². The van der Waals surface area contributed by atoms with Gasteiger partial charge in [-0.25, -0.2) is 13.8 Å². The summed E-state index contributed by atoms with van der Waals surface area (Å²) in [6.45, 7) is 1.41. The number of halogens is 1. The second-order valence-corrected chi connectivity index (χ2v) is 9.46. The fraction of sp³-hybridized carbons (Fsp3) is 0.130. The Morgan fingerprint density at radius 2 is 1.85 bits per heavy atom. The number of anilines is 1. The highest BCUT2D eigenvalue weighted by Gasteiger charge is 2.28. The summed E-state index contributed by atoms with van der Waals surface area (Å²) in [4.78, 5) is 12.7. The zero-order valence-corrected chi connectivity index (χ0v) is 19.1. The average Bonchev–Trinajstić information content (AvgIpc) is 3.28. The van der Waals surface area contributed by atoms with Gasteiger partial charge in [-0.3, -0.25) is 9.10 Å². The van der Waals surface area contributed by atoms with Crippen LogP contribution in [0.3, 0.4) is 0 Å². The Labute approximate surface area is 196 Å². The normalized spacial score (nSPS) is 12.7. The van der Waals surface area contributed by atoms with Crippen molar-refractivity contribution in [3.05, 3.63) is 82.9 Å². The van der Waals surface area contributed by atoms with E-state index < -0.39 is 22.5 Å². The minimum atomic E-state index is -4.04. The number of rotatable bonds is 7. The lowest BCUT2D eigenvalue weighted by Crippen LogP contribution is -2.40. The molecule has 0 saturated heterocycles. The van der Waals surface area contributed by atoms with Crippen LogP contribution in [-0.2, 0) is 14.8 Å². The molecule has 3 aromatic rings. The molecule has 1 N–H and O–H groups in total. The Balaban J connectivity index is 1.56. The van der Waals surface area contributed by atoms with Crippen LogP contribution in [0.1, 0.15) is 11.1 Å². The van der Waals surface area contributed by atoms with E-state index in [2.05, 4.69) is 10.5 Å². The van der Waals surface area contributed by atoms with Gasteiger partial charge < -0.3 is 9.47 Å². The van der Waals surface area contributed by atoms with Crippen molar-refractivity contribution in [2.45, 2.75) is 11.8 Å². The first-order valence-electron chi connectivity index (χ1n) is 9.90. The standard InChI is InChI=1S/C23H20ClN3O5S/c1-16-7-9-18(24)12-20(16)27(33(29,30)19-5-3-2-4-6-19)14-23(28)26-25-13-17-8-10-21-22(11-17)32-15-31-21/h2-13H,14-15H2,1H3,(H,26,28)/b25-13-. The van der Waals surface area contributed by atoms with Crippen molar-refractivity contribution in [1.29, 1.82) is 0 Å². The van der Waals surface area contributed by atoms with Crippen molar-refractivity contribution >= 4 is 39.4 Å². The Kier molecular flexibility index (Phi) is 6.52. The summed E-state index contributed by atoms with van der Waals surface area (Å²) < 4.78 is 38.3. The maximum absolute atomic E-state index is 13.4. The van der Waals surface area contributed by atoms with Crippen molar-refractivity contribution in [2.24, 2.45) is 5.10 Å². The Hall–Kier alpha value is -3.56. The maximum Gasteiger partial charge on any atom is 0.264 e. The van der Waals surface area contributed by atoms with Gasteiger partial charge in [0.05, 0.1) is 16.8 Å². The summed E-state index contributed by atoms with van der Waals surface area (Å²) in [5, 5.41) is 4.29. The van der Waals surface area contributed by atoms with E-state index in [-0.39, 0.29) is 11.7 Å². The number of sulfonamides is 1. The largest absolute Gasteiger partial charge is 0.454 e. The Morgan fingerprint density at radius 3 is 2.64 bits per heavy atom. The second kappa shape index (κ2) is 9.51. The van der Waals surface area contributed by atoms with Crippen LogP contribution in [-0.4, -0.2) is 33.9 Å². The molecule has 10 heteroatoms. The monoisotopic (exact) mass is 485 g/mol. The van der Waals surface area contributed by atoms with Gasteiger partial charge in [-0.15, -0.1) is 0 Å². The zero-order chi connectivity index (χ0) is 23.4. The van der Waals surface area contributed by atoms with Gasteiger partial charge in [-0.1, -0.05) is 35.9 Å². The quantitative estimate of drug-likeness (QED) is 0.406. The molecule has 0 spiro atoms. The van der Waals surface area contributed by atoms with Crippen LogP contribution >= 0.6 is 11.6 Å². The van der Waals surface area contributed by atoms with Gasteiger partial charge in [0, 0.05) is 5.02 Å². The number of nitrogens with zero attached hydrogens (tertiary/aromatic N) is 2. The summed E-state index contributed by atoms with van der Waals surface area (Å²) in [5.74, 6) is 0.600. The van der Waals surface area contributed by atoms with E-state index in [1.54, 1.807) is 55.5 Å².